The summed E-state index contributed by atoms with van der Waals surface area (Å²) in [6.45, 7) is 5.26. The molecule has 4 heteroatoms. The van der Waals surface area contributed by atoms with Crippen LogP contribution in [0.25, 0.3) is 0 Å². The molecule has 2 aromatic rings. The van der Waals surface area contributed by atoms with E-state index in [1.54, 1.807) is 11.8 Å². The summed E-state index contributed by atoms with van der Waals surface area (Å²) < 4.78 is 0. The van der Waals surface area contributed by atoms with Gasteiger partial charge in [0.05, 0.1) is 5.02 Å². The number of hydrogen-bond donors (Lipinski definition) is 1. The quantitative estimate of drug-likeness (QED) is 0.736. The van der Waals surface area contributed by atoms with Crippen LogP contribution in [0.4, 0.5) is 0 Å². The lowest BCUT2D eigenvalue weighted by atomic mass is 10.1. The van der Waals surface area contributed by atoms with Gasteiger partial charge in [-0.05, 0) is 43.1 Å². The van der Waals surface area contributed by atoms with Gasteiger partial charge in [-0.1, -0.05) is 36.7 Å². The van der Waals surface area contributed by atoms with Crippen LogP contribution in [0.3, 0.4) is 0 Å². The van der Waals surface area contributed by atoms with Gasteiger partial charge in [0, 0.05) is 29.1 Å². The van der Waals surface area contributed by atoms with Gasteiger partial charge in [0.1, 0.15) is 0 Å². The minimum absolute atomic E-state index is 0.290. The molecule has 1 unspecified atom stereocenters. The van der Waals surface area contributed by atoms with E-state index in [4.69, 9.17) is 11.6 Å². The van der Waals surface area contributed by atoms with Crippen LogP contribution in [-0.2, 0) is 0 Å². The van der Waals surface area contributed by atoms with Gasteiger partial charge in [-0.15, -0.1) is 11.8 Å². The number of pyridine rings is 1. The highest BCUT2D eigenvalue weighted by atomic mass is 35.5. The van der Waals surface area contributed by atoms with Crippen LogP contribution in [0.15, 0.2) is 47.6 Å². The van der Waals surface area contributed by atoms with E-state index in [1.165, 1.54) is 11.1 Å². The van der Waals surface area contributed by atoms with Crippen molar-refractivity contribution in [2.45, 2.75) is 31.2 Å². The Hall–Kier alpha value is -1.03. The Morgan fingerprint density at radius 2 is 2.10 bits per heavy atom. The van der Waals surface area contributed by atoms with Crippen molar-refractivity contribution in [3.8, 4) is 0 Å². The zero-order valence-electron chi connectivity index (χ0n) is 12.5. The van der Waals surface area contributed by atoms with Crippen LogP contribution in [0.5, 0.6) is 0 Å². The van der Waals surface area contributed by atoms with Gasteiger partial charge in [0.2, 0.25) is 0 Å². The highest BCUT2D eigenvalue weighted by molar-refractivity contribution is 7.99. The lowest BCUT2D eigenvalue weighted by Gasteiger charge is -2.19. The molecule has 0 aliphatic rings. The van der Waals surface area contributed by atoms with Gasteiger partial charge in [-0.3, -0.25) is 4.98 Å². The number of aryl methyl sites for hydroxylation is 1. The molecular weight excluding hydrogens is 300 g/mol. The second-order valence-corrected chi connectivity index (χ2v) is 6.51. The molecule has 2 nitrogen and oxygen atoms in total. The fourth-order valence-electron chi connectivity index (χ4n) is 2.10. The maximum absolute atomic E-state index is 6.23. The van der Waals surface area contributed by atoms with Crippen molar-refractivity contribution in [2.24, 2.45) is 0 Å². The van der Waals surface area contributed by atoms with Crippen LogP contribution >= 0.6 is 23.4 Å². The molecule has 21 heavy (non-hydrogen) atoms. The van der Waals surface area contributed by atoms with E-state index in [1.807, 2.05) is 30.6 Å². The Kier molecular flexibility index (Phi) is 6.55. The van der Waals surface area contributed by atoms with E-state index < -0.39 is 0 Å². The first-order valence-electron chi connectivity index (χ1n) is 7.23. The monoisotopic (exact) mass is 320 g/mol. The SMILES string of the molecule is CCCNC(CSc1ccccc1Cl)c1cncc(C)c1. The molecule has 1 N–H and O–H groups in total. The minimum Gasteiger partial charge on any atom is -0.309 e. The Balaban J connectivity index is 2.08. The molecule has 1 aromatic carbocycles. The number of thioether (sulfide) groups is 1. The molecular formula is C17H21ClN2S. The van der Waals surface area contributed by atoms with Crippen LogP contribution in [0.2, 0.25) is 5.02 Å². The van der Waals surface area contributed by atoms with E-state index in [0.717, 1.165) is 28.6 Å². The fourth-order valence-corrected chi connectivity index (χ4v) is 3.43. The number of benzene rings is 1. The number of aromatic nitrogens is 1. The fraction of sp³-hybridized carbons (Fsp3) is 0.353. The van der Waals surface area contributed by atoms with Gasteiger partial charge < -0.3 is 5.32 Å². The molecule has 2 rings (SSSR count). The van der Waals surface area contributed by atoms with Crippen molar-refractivity contribution in [3.63, 3.8) is 0 Å². The summed E-state index contributed by atoms with van der Waals surface area (Å²) in [5, 5.41) is 4.42. The molecule has 1 atom stereocenters. The highest BCUT2D eigenvalue weighted by Crippen LogP contribution is 2.30. The molecule has 0 saturated carbocycles. The van der Waals surface area contributed by atoms with Crippen molar-refractivity contribution in [3.05, 3.63) is 58.9 Å². The predicted molar refractivity (Wildman–Crippen MR) is 92.2 cm³/mol. The molecule has 1 aromatic heterocycles. The maximum atomic E-state index is 6.23. The molecule has 0 amide bonds. The lowest BCUT2D eigenvalue weighted by Crippen LogP contribution is -2.24. The van der Waals surface area contributed by atoms with Gasteiger partial charge >= 0.3 is 0 Å². The first-order valence-corrected chi connectivity index (χ1v) is 8.59. The number of hydrogen-bond acceptors (Lipinski definition) is 3. The van der Waals surface area contributed by atoms with E-state index >= 15 is 0 Å². The number of rotatable bonds is 7. The summed E-state index contributed by atoms with van der Waals surface area (Å²) in [6.07, 6.45) is 4.96. The first kappa shape index (κ1) is 16.3. The third-order valence-electron chi connectivity index (χ3n) is 3.18. The first-order chi connectivity index (χ1) is 10.2. The molecule has 0 bridgehead atoms. The van der Waals surface area contributed by atoms with Crippen LogP contribution in [-0.4, -0.2) is 17.3 Å². The zero-order chi connectivity index (χ0) is 15.1. The van der Waals surface area contributed by atoms with Crippen molar-refractivity contribution in [1.29, 1.82) is 0 Å². The number of nitrogens with zero attached hydrogens (tertiary/aromatic N) is 1. The third-order valence-corrected chi connectivity index (χ3v) is 4.79. The normalized spacial score (nSPS) is 12.3. The number of nitrogens with one attached hydrogen (secondary N) is 1. The van der Waals surface area contributed by atoms with E-state index in [-0.39, 0.29) is 0 Å². The van der Waals surface area contributed by atoms with Gasteiger partial charge in [0.15, 0.2) is 0 Å². The topological polar surface area (TPSA) is 24.9 Å². The summed E-state index contributed by atoms with van der Waals surface area (Å²) in [4.78, 5) is 5.44. The van der Waals surface area contributed by atoms with Crippen LogP contribution < -0.4 is 5.32 Å². The van der Waals surface area contributed by atoms with E-state index in [2.05, 4.69) is 36.3 Å². The van der Waals surface area contributed by atoms with Crippen LogP contribution in [0, 0.1) is 6.92 Å². The highest BCUT2D eigenvalue weighted by Gasteiger charge is 2.12. The van der Waals surface area contributed by atoms with E-state index in [9.17, 15) is 0 Å². The summed E-state index contributed by atoms with van der Waals surface area (Å²) in [7, 11) is 0. The smallest absolute Gasteiger partial charge is 0.0541 e. The summed E-state index contributed by atoms with van der Waals surface area (Å²) in [6, 6.07) is 10.5. The summed E-state index contributed by atoms with van der Waals surface area (Å²) in [5.41, 5.74) is 2.43. The third kappa shape index (κ3) is 5.03. The summed E-state index contributed by atoms with van der Waals surface area (Å²) in [5.74, 6) is 0.939. The van der Waals surface area contributed by atoms with Crippen molar-refractivity contribution >= 4 is 23.4 Å². The van der Waals surface area contributed by atoms with Crippen molar-refractivity contribution in [2.75, 3.05) is 12.3 Å². The molecule has 0 spiro atoms. The standard InChI is InChI=1S/C17H21ClN2S/c1-3-8-20-16(14-9-13(2)10-19-11-14)12-21-17-7-5-4-6-15(17)18/h4-7,9-11,16,20H,3,8,12H2,1-2H3. The molecule has 0 fully saturated rings. The predicted octanol–water partition coefficient (Wildman–Crippen LogP) is 4.88. The molecule has 112 valence electrons. The average Bonchev–Trinajstić information content (AvgIpc) is 2.49. The Bertz CT molecular complexity index is 574. The second kappa shape index (κ2) is 8.42. The largest absolute Gasteiger partial charge is 0.309 e. The van der Waals surface area contributed by atoms with Crippen LogP contribution in [0.1, 0.15) is 30.5 Å². The average molecular weight is 321 g/mol. The Labute approximate surface area is 136 Å². The second-order valence-electron chi connectivity index (χ2n) is 5.04. The lowest BCUT2D eigenvalue weighted by molar-refractivity contribution is 0.575. The molecule has 0 aliphatic heterocycles. The zero-order valence-corrected chi connectivity index (χ0v) is 14.0. The van der Waals surface area contributed by atoms with Gasteiger partial charge in [-0.2, -0.15) is 0 Å². The molecule has 0 aliphatic carbocycles. The molecule has 1 heterocycles. The summed E-state index contributed by atoms with van der Waals surface area (Å²) >= 11 is 8.01. The number of halogens is 1. The molecule has 0 saturated heterocycles. The van der Waals surface area contributed by atoms with Gasteiger partial charge in [-0.25, -0.2) is 0 Å². The van der Waals surface area contributed by atoms with Crippen molar-refractivity contribution < 1.29 is 0 Å². The maximum Gasteiger partial charge on any atom is 0.0541 e. The Morgan fingerprint density at radius 1 is 1.29 bits per heavy atom. The van der Waals surface area contributed by atoms with Crippen molar-refractivity contribution in [1.82, 2.24) is 10.3 Å². The molecule has 0 radical (unpaired) electrons. The Morgan fingerprint density at radius 3 is 2.81 bits per heavy atom. The minimum atomic E-state index is 0.290. The van der Waals surface area contributed by atoms with E-state index in [0.29, 0.717) is 6.04 Å². The van der Waals surface area contributed by atoms with Gasteiger partial charge in [0.25, 0.3) is 0 Å².